The fourth-order valence-corrected chi connectivity index (χ4v) is 3.05. The highest BCUT2D eigenvalue weighted by Gasteiger charge is 2.32. The molecular weight excluding hydrogens is 368 g/mol. The van der Waals surface area contributed by atoms with Crippen LogP contribution in [0, 0.1) is 0 Å². The quantitative estimate of drug-likeness (QED) is 0.870. The number of carbonyl (C=O) groups excluding carboxylic acids is 1. The van der Waals surface area contributed by atoms with Gasteiger partial charge in [0.1, 0.15) is 10.7 Å². The van der Waals surface area contributed by atoms with Crippen molar-refractivity contribution in [2.24, 2.45) is 0 Å². The second-order valence-electron chi connectivity index (χ2n) is 6.03. The second-order valence-corrected chi connectivity index (χ2v) is 6.41. The number of nitrogens with zero attached hydrogens (tertiary/aromatic N) is 4. The van der Waals surface area contributed by atoms with Crippen LogP contribution in [-0.4, -0.2) is 45.6 Å². The zero-order valence-electron chi connectivity index (χ0n) is 13.9. The van der Waals surface area contributed by atoms with Gasteiger partial charge in [0.05, 0.1) is 18.4 Å². The highest BCUT2D eigenvalue weighted by atomic mass is 35.5. The zero-order chi connectivity index (χ0) is 18.9. The lowest BCUT2D eigenvalue weighted by Crippen LogP contribution is -2.50. The molecule has 0 atom stereocenters. The van der Waals surface area contributed by atoms with Crippen LogP contribution < -0.4 is 10.5 Å². The normalized spacial score (nSPS) is 15.5. The molecule has 1 N–H and O–H groups in total. The molecule has 1 aliphatic heterocycles. The first kappa shape index (κ1) is 18.2. The molecule has 1 amide bonds. The lowest BCUT2D eigenvalue weighted by Gasteiger charge is -2.36. The summed E-state index contributed by atoms with van der Waals surface area (Å²) >= 11 is 5.97. The number of carbonyl (C=O) groups is 1. The molecule has 138 valence electrons. The summed E-state index contributed by atoms with van der Waals surface area (Å²) in [5.74, 6) is -3.35. The topological polar surface area (TPSA) is 82.2 Å². The number of aromatic nitrogens is 3. The molecule has 0 spiro atoms. The van der Waals surface area contributed by atoms with E-state index in [1.165, 1.54) is 23.4 Å². The number of halogens is 3. The Morgan fingerprint density at radius 2 is 2.12 bits per heavy atom. The largest absolute Gasteiger partial charge is 0.358 e. The van der Waals surface area contributed by atoms with Crippen molar-refractivity contribution in [2.75, 3.05) is 24.5 Å². The number of aromatic amines is 1. The smallest absolute Gasteiger partial charge is 0.287 e. The third-order valence-electron chi connectivity index (χ3n) is 4.10. The SMILES string of the molecule is CC(F)(F)c1ncccc1CN1CCN(c2cn[nH]c(=O)c2Cl)CC1=O. The van der Waals surface area contributed by atoms with E-state index in [1.807, 2.05) is 0 Å². The monoisotopic (exact) mass is 383 g/mol. The minimum atomic E-state index is -3.09. The maximum Gasteiger partial charge on any atom is 0.287 e. The Morgan fingerprint density at radius 1 is 1.35 bits per heavy atom. The van der Waals surface area contributed by atoms with E-state index in [0.29, 0.717) is 24.3 Å². The van der Waals surface area contributed by atoms with Crippen molar-refractivity contribution in [3.63, 3.8) is 0 Å². The summed E-state index contributed by atoms with van der Waals surface area (Å²) in [6, 6.07) is 3.10. The zero-order valence-corrected chi connectivity index (χ0v) is 14.6. The highest BCUT2D eigenvalue weighted by Crippen LogP contribution is 2.29. The third kappa shape index (κ3) is 3.67. The Hall–Kier alpha value is -2.55. The van der Waals surface area contributed by atoms with Gasteiger partial charge in [-0.1, -0.05) is 17.7 Å². The lowest BCUT2D eigenvalue weighted by molar-refractivity contribution is -0.131. The number of amides is 1. The van der Waals surface area contributed by atoms with Crippen LogP contribution in [0.3, 0.4) is 0 Å². The molecule has 1 saturated heterocycles. The summed E-state index contributed by atoms with van der Waals surface area (Å²) < 4.78 is 27.4. The van der Waals surface area contributed by atoms with E-state index in [9.17, 15) is 18.4 Å². The Balaban J connectivity index is 1.76. The molecule has 2 aromatic rings. The van der Waals surface area contributed by atoms with Gasteiger partial charge in [0.25, 0.3) is 11.5 Å². The summed E-state index contributed by atoms with van der Waals surface area (Å²) in [6.07, 6.45) is 2.68. The number of hydrogen-bond acceptors (Lipinski definition) is 5. The van der Waals surface area contributed by atoms with Gasteiger partial charge in [0, 0.05) is 32.8 Å². The summed E-state index contributed by atoms with van der Waals surface area (Å²) in [6.45, 7) is 1.49. The minimum Gasteiger partial charge on any atom is -0.358 e. The van der Waals surface area contributed by atoms with E-state index in [0.717, 1.165) is 6.92 Å². The molecule has 0 unspecified atom stereocenters. The molecule has 0 radical (unpaired) electrons. The van der Waals surface area contributed by atoms with E-state index in [-0.39, 0.29) is 29.7 Å². The fourth-order valence-electron chi connectivity index (χ4n) is 2.84. The Labute approximate surface area is 152 Å². The van der Waals surface area contributed by atoms with E-state index in [4.69, 9.17) is 11.6 Å². The number of piperazine rings is 1. The van der Waals surface area contributed by atoms with E-state index in [1.54, 1.807) is 11.0 Å². The van der Waals surface area contributed by atoms with Gasteiger partial charge in [0.15, 0.2) is 0 Å². The van der Waals surface area contributed by atoms with Crippen molar-refractivity contribution in [3.05, 3.63) is 51.2 Å². The van der Waals surface area contributed by atoms with Gasteiger partial charge in [-0.2, -0.15) is 13.9 Å². The van der Waals surface area contributed by atoms with Crippen LogP contribution >= 0.6 is 11.6 Å². The summed E-state index contributed by atoms with van der Waals surface area (Å²) in [5.41, 5.74) is -0.204. The van der Waals surface area contributed by atoms with Gasteiger partial charge in [0.2, 0.25) is 5.91 Å². The molecule has 0 saturated carbocycles. The van der Waals surface area contributed by atoms with Crippen LogP contribution in [-0.2, 0) is 17.3 Å². The van der Waals surface area contributed by atoms with Gasteiger partial charge < -0.3 is 9.80 Å². The van der Waals surface area contributed by atoms with Crippen LogP contribution in [0.2, 0.25) is 5.02 Å². The molecule has 1 aliphatic rings. The molecule has 26 heavy (non-hydrogen) atoms. The van der Waals surface area contributed by atoms with Crippen molar-refractivity contribution in [1.82, 2.24) is 20.1 Å². The van der Waals surface area contributed by atoms with Gasteiger partial charge in [-0.05, 0) is 11.6 Å². The number of alkyl halides is 2. The average molecular weight is 384 g/mol. The molecule has 1 fully saturated rings. The van der Waals surface area contributed by atoms with Gasteiger partial charge >= 0.3 is 0 Å². The van der Waals surface area contributed by atoms with Gasteiger partial charge in [-0.15, -0.1) is 0 Å². The Bertz CT molecular complexity index is 883. The summed E-state index contributed by atoms with van der Waals surface area (Å²) in [4.78, 5) is 30.9. The van der Waals surface area contributed by atoms with Gasteiger partial charge in [-0.25, -0.2) is 5.10 Å². The van der Waals surface area contributed by atoms with Crippen molar-refractivity contribution >= 4 is 23.2 Å². The van der Waals surface area contributed by atoms with E-state index in [2.05, 4.69) is 15.2 Å². The van der Waals surface area contributed by atoms with Crippen LogP contribution in [0.25, 0.3) is 0 Å². The average Bonchev–Trinajstić information content (AvgIpc) is 2.59. The molecule has 10 heteroatoms. The fraction of sp³-hybridized carbons (Fsp3) is 0.375. The number of rotatable bonds is 4. The van der Waals surface area contributed by atoms with Crippen LogP contribution in [0.1, 0.15) is 18.2 Å². The maximum absolute atomic E-state index is 13.7. The number of nitrogens with one attached hydrogen (secondary N) is 1. The first-order chi connectivity index (χ1) is 12.3. The Kier molecular flexibility index (Phi) is 4.90. The molecule has 7 nitrogen and oxygen atoms in total. The lowest BCUT2D eigenvalue weighted by atomic mass is 10.1. The maximum atomic E-state index is 13.7. The number of pyridine rings is 1. The molecule has 0 aromatic carbocycles. The number of hydrogen-bond donors (Lipinski definition) is 1. The molecule has 0 bridgehead atoms. The van der Waals surface area contributed by atoms with Crippen LogP contribution in [0.4, 0.5) is 14.5 Å². The van der Waals surface area contributed by atoms with Gasteiger partial charge in [-0.3, -0.25) is 14.6 Å². The molecule has 3 rings (SSSR count). The molecule has 2 aromatic heterocycles. The van der Waals surface area contributed by atoms with E-state index >= 15 is 0 Å². The van der Waals surface area contributed by atoms with E-state index < -0.39 is 11.5 Å². The van der Waals surface area contributed by atoms with Crippen LogP contribution in [0.5, 0.6) is 0 Å². The van der Waals surface area contributed by atoms with Crippen molar-refractivity contribution < 1.29 is 13.6 Å². The summed E-state index contributed by atoms with van der Waals surface area (Å²) in [5, 5.41) is 5.86. The van der Waals surface area contributed by atoms with Crippen molar-refractivity contribution in [3.8, 4) is 0 Å². The number of H-pyrrole nitrogens is 1. The predicted molar refractivity (Wildman–Crippen MR) is 91.3 cm³/mol. The second kappa shape index (κ2) is 6.99. The van der Waals surface area contributed by atoms with Crippen molar-refractivity contribution in [2.45, 2.75) is 19.4 Å². The van der Waals surface area contributed by atoms with Crippen LogP contribution in [0.15, 0.2) is 29.3 Å². The van der Waals surface area contributed by atoms with Crippen molar-refractivity contribution in [1.29, 1.82) is 0 Å². The number of anilines is 1. The molecule has 0 aliphatic carbocycles. The first-order valence-corrected chi connectivity index (χ1v) is 8.23. The Morgan fingerprint density at radius 3 is 2.81 bits per heavy atom. The molecule has 3 heterocycles. The summed E-state index contributed by atoms with van der Waals surface area (Å²) in [7, 11) is 0. The third-order valence-corrected chi connectivity index (χ3v) is 4.47. The first-order valence-electron chi connectivity index (χ1n) is 7.85. The molecular formula is C16H16ClF2N5O2. The highest BCUT2D eigenvalue weighted by molar-refractivity contribution is 6.33. The standard InChI is InChI=1S/C16H16ClF2N5O2/c1-16(18,19)14-10(3-2-4-20-14)8-24-6-5-23(9-12(24)25)11-7-21-22-15(26)13(11)17/h2-4,7H,5-6,8-9H2,1H3,(H,22,26). The minimum absolute atomic E-state index is 0.0248. The predicted octanol–water partition coefficient (Wildman–Crippen LogP) is 1.78.